The molecule has 0 unspecified atom stereocenters. The fourth-order valence-electron chi connectivity index (χ4n) is 9.30. The van der Waals surface area contributed by atoms with E-state index in [1.165, 1.54) is 49.7 Å². The molecule has 0 bridgehead atoms. The van der Waals surface area contributed by atoms with E-state index in [0.717, 1.165) is 66.4 Å². The highest BCUT2D eigenvalue weighted by Crippen LogP contribution is 2.43. The molecule has 1 N–H and O–H groups in total. The summed E-state index contributed by atoms with van der Waals surface area (Å²) in [5, 5.41) is 4.60. The molecule has 0 atom stereocenters. The second-order valence-corrected chi connectivity index (χ2v) is 15.3. The largest absolute Gasteiger partial charge is 0.354 e. The van der Waals surface area contributed by atoms with Crippen molar-refractivity contribution in [3.63, 3.8) is 0 Å². The van der Waals surface area contributed by atoms with E-state index in [9.17, 15) is 4.79 Å². The van der Waals surface area contributed by atoms with Crippen LogP contribution in [-0.2, 0) is 0 Å². The first kappa shape index (κ1) is 32.5. The molecule has 0 saturated heterocycles. The first-order valence-electron chi connectivity index (χ1n) is 19.8. The Morgan fingerprint density at radius 2 is 0.931 bits per heavy atom. The molecule has 1 aliphatic rings. The fraction of sp³-hybridized carbons (Fsp3) is 0. The summed E-state index contributed by atoms with van der Waals surface area (Å²) in [5.41, 5.74) is 18.4. The van der Waals surface area contributed by atoms with Gasteiger partial charge in [0.1, 0.15) is 0 Å². The molecule has 0 fully saturated rings. The molecule has 12 rings (SSSR count). The predicted molar refractivity (Wildman–Crippen MR) is 241 cm³/mol. The van der Waals surface area contributed by atoms with Crippen LogP contribution >= 0.6 is 0 Å². The third kappa shape index (κ3) is 4.97. The van der Waals surface area contributed by atoms with Gasteiger partial charge in [0, 0.05) is 38.3 Å². The van der Waals surface area contributed by atoms with Crippen molar-refractivity contribution < 1.29 is 4.79 Å². The molecule has 3 heteroatoms. The number of ketones is 1. The number of para-hydroxylation sites is 1. The van der Waals surface area contributed by atoms with Crippen molar-refractivity contribution >= 4 is 49.4 Å². The number of aromatic amines is 1. The summed E-state index contributed by atoms with van der Waals surface area (Å²) in [5.74, 6) is 0.0907. The Hall–Kier alpha value is -7.75. The van der Waals surface area contributed by atoms with Gasteiger partial charge in [-0.3, -0.25) is 4.79 Å². The van der Waals surface area contributed by atoms with Crippen molar-refractivity contribution in [2.24, 2.45) is 0 Å². The summed E-state index contributed by atoms with van der Waals surface area (Å²) in [6, 6.07) is 71.5. The van der Waals surface area contributed by atoms with Crippen molar-refractivity contribution in [1.82, 2.24) is 9.55 Å². The molecule has 0 radical (unpaired) electrons. The number of hydrogen-bond acceptors (Lipinski definition) is 1. The summed E-state index contributed by atoms with van der Waals surface area (Å²) >= 11 is 0. The minimum atomic E-state index is 0.0907. The number of benzene rings is 9. The number of rotatable bonds is 5. The third-order valence-corrected chi connectivity index (χ3v) is 12.1. The highest BCUT2D eigenvalue weighted by atomic mass is 16.1. The fourth-order valence-corrected chi connectivity index (χ4v) is 9.30. The van der Waals surface area contributed by atoms with E-state index < -0.39 is 0 Å². The lowest BCUT2D eigenvalue weighted by Gasteiger charge is -2.14. The van der Waals surface area contributed by atoms with Gasteiger partial charge in [-0.2, -0.15) is 0 Å². The van der Waals surface area contributed by atoms with E-state index in [1.807, 2.05) is 24.3 Å². The minimum absolute atomic E-state index is 0.0907. The zero-order valence-electron chi connectivity index (χ0n) is 31.4. The van der Waals surface area contributed by atoms with Gasteiger partial charge >= 0.3 is 0 Å². The number of carbonyl (C=O) groups is 1. The molecular weight excluding hydrogens is 705 g/mol. The van der Waals surface area contributed by atoms with Crippen LogP contribution < -0.4 is 0 Å². The quantitative estimate of drug-likeness (QED) is 0.188. The number of H-pyrrole nitrogens is 1. The van der Waals surface area contributed by atoms with Crippen LogP contribution in [0.15, 0.2) is 200 Å². The van der Waals surface area contributed by atoms with E-state index in [-0.39, 0.29) is 5.78 Å². The van der Waals surface area contributed by atoms with Gasteiger partial charge in [-0.05, 0) is 116 Å². The van der Waals surface area contributed by atoms with Crippen molar-refractivity contribution in [3.05, 3.63) is 211 Å². The van der Waals surface area contributed by atoms with Gasteiger partial charge in [0.05, 0.1) is 22.1 Å². The molecule has 0 saturated carbocycles. The average Bonchev–Trinajstić information content (AvgIpc) is 3.93. The number of hydrogen-bond donors (Lipinski definition) is 1. The lowest BCUT2D eigenvalue weighted by Crippen LogP contribution is -1.95. The molecular formula is C55H34N2O. The Bertz CT molecular complexity index is 3400. The van der Waals surface area contributed by atoms with Crippen LogP contribution in [0.3, 0.4) is 0 Å². The molecule has 0 spiro atoms. The van der Waals surface area contributed by atoms with Crippen LogP contribution in [0, 0.1) is 0 Å². The van der Waals surface area contributed by atoms with Crippen LogP contribution in [0.2, 0.25) is 0 Å². The zero-order chi connectivity index (χ0) is 38.3. The second kappa shape index (κ2) is 12.6. The average molecular weight is 739 g/mol. The van der Waals surface area contributed by atoms with Crippen molar-refractivity contribution in [1.29, 1.82) is 0 Å². The maximum atomic E-state index is 13.6. The monoisotopic (exact) mass is 738 g/mol. The highest BCUT2D eigenvalue weighted by molar-refractivity contribution is 6.29. The molecule has 2 aromatic heterocycles. The topological polar surface area (TPSA) is 37.8 Å². The van der Waals surface area contributed by atoms with Crippen molar-refractivity contribution in [2.75, 3.05) is 0 Å². The molecule has 270 valence electrons. The zero-order valence-corrected chi connectivity index (χ0v) is 31.4. The first-order valence-corrected chi connectivity index (χ1v) is 19.8. The maximum absolute atomic E-state index is 13.6. The lowest BCUT2D eigenvalue weighted by atomic mass is 9.93. The molecule has 58 heavy (non-hydrogen) atoms. The van der Waals surface area contributed by atoms with Crippen LogP contribution in [0.4, 0.5) is 0 Å². The van der Waals surface area contributed by atoms with Gasteiger partial charge in [-0.25, -0.2) is 0 Å². The van der Waals surface area contributed by atoms with Gasteiger partial charge in [0.15, 0.2) is 5.78 Å². The van der Waals surface area contributed by atoms with Gasteiger partial charge in [0.2, 0.25) is 0 Å². The van der Waals surface area contributed by atoms with Gasteiger partial charge in [0.25, 0.3) is 0 Å². The normalized spacial score (nSPS) is 12.2. The Kier molecular flexibility index (Phi) is 7.08. The summed E-state index contributed by atoms with van der Waals surface area (Å²) in [6.07, 6.45) is 0. The van der Waals surface area contributed by atoms with Crippen molar-refractivity contribution in [3.8, 4) is 61.3 Å². The van der Waals surface area contributed by atoms with E-state index in [2.05, 4.69) is 185 Å². The van der Waals surface area contributed by atoms with Crippen LogP contribution in [0.25, 0.3) is 105 Å². The number of carbonyl (C=O) groups excluding carboxylic acids is 1. The highest BCUT2D eigenvalue weighted by Gasteiger charge is 2.29. The standard InChI is InChI=1S/C55H34N2O/c58-55-47-20-8-7-18-43(47)45-24-25-46-48-32-37(22-26-50(48)56-54(46)53(45)55)38-23-27-52-49(33-38)44-19-9-10-21-51(44)57(52)42-17-11-16-36(31-42)41-29-39(34-12-3-1-4-13-34)28-40(30-41)35-14-5-2-6-15-35/h1-33,56H. The van der Waals surface area contributed by atoms with Crippen LogP contribution in [-0.4, -0.2) is 15.3 Å². The van der Waals surface area contributed by atoms with E-state index >= 15 is 0 Å². The first-order chi connectivity index (χ1) is 28.7. The summed E-state index contributed by atoms with van der Waals surface area (Å²) in [7, 11) is 0. The number of aromatic nitrogens is 2. The van der Waals surface area contributed by atoms with Gasteiger partial charge in [-0.15, -0.1) is 0 Å². The molecule has 1 aliphatic carbocycles. The van der Waals surface area contributed by atoms with Crippen LogP contribution in [0.5, 0.6) is 0 Å². The van der Waals surface area contributed by atoms with Crippen LogP contribution in [0.1, 0.15) is 15.9 Å². The minimum Gasteiger partial charge on any atom is -0.354 e. The second-order valence-electron chi connectivity index (χ2n) is 15.3. The SMILES string of the molecule is O=C1c2ccccc2-c2ccc3c([nH]c4ccc(-c5ccc6c(c5)c5ccccc5n6-c5cccc(-c6cc(-c7ccccc7)cc(-c7ccccc7)c6)c5)cc43)c21. The Morgan fingerprint density at radius 3 is 1.69 bits per heavy atom. The Morgan fingerprint density at radius 1 is 0.345 bits per heavy atom. The third-order valence-electron chi connectivity index (χ3n) is 12.1. The number of nitrogens with one attached hydrogen (secondary N) is 1. The number of fused-ring (bicyclic) bond motifs is 10. The summed E-state index contributed by atoms with van der Waals surface area (Å²) < 4.78 is 2.40. The molecule has 11 aromatic rings. The Labute approximate surface area is 335 Å². The van der Waals surface area contributed by atoms with E-state index in [4.69, 9.17) is 0 Å². The molecule has 9 aromatic carbocycles. The molecule has 0 aliphatic heterocycles. The summed E-state index contributed by atoms with van der Waals surface area (Å²) in [4.78, 5) is 17.2. The number of nitrogens with zero attached hydrogens (tertiary/aromatic N) is 1. The Balaban J connectivity index is 0.975. The van der Waals surface area contributed by atoms with Gasteiger partial charge in [-0.1, -0.05) is 140 Å². The molecule has 2 heterocycles. The van der Waals surface area contributed by atoms with Crippen molar-refractivity contribution in [2.45, 2.75) is 0 Å². The van der Waals surface area contributed by atoms with E-state index in [1.54, 1.807) is 0 Å². The smallest absolute Gasteiger partial charge is 0.196 e. The molecule has 0 amide bonds. The maximum Gasteiger partial charge on any atom is 0.196 e. The molecule has 3 nitrogen and oxygen atoms in total. The predicted octanol–water partition coefficient (Wildman–Crippen LogP) is 14.3. The van der Waals surface area contributed by atoms with Gasteiger partial charge < -0.3 is 9.55 Å². The lowest BCUT2D eigenvalue weighted by molar-refractivity contribution is 0.104. The van der Waals surface area contributed by atoms with E-state index in [0.29, 0.717) is 0 Å². The summed E-state index contributed by atoms with van der Waals surface area (Å²) in [6.45, 7) is 0.